The molecule has 0 fully saturated rings. The van der Waals surface area contributed by atoms with Crippen molar-refractivity contribution in [1.82, 2.24) is 9.97 Å². The topological polar surface area (TPSA) is 42.9 Å². The normalized spacial score (nSPS) is 13.6. The molecule has 0 saturated carbocycles. The number of carbonyl (C=O) groups is 1. The smallest absolute Gasteiger partial charge is 0.128 e. The summed E-state index contributed by atoms with van der Waals surface area (Å²) in [5.74, 6) is -0.630. The van der Waals surface area contributed by atoms with Crippen LogP contribution in [0.2, 0.25) is 0 Å². The SMILES string of the molecule is [CH2]C(c1cccc2cccnc12)C(C=O)c1cccc2cccnc12. The minimum absolute atomic E-state index is 0.247. The molecule has 0 amide bonds. The second-order valence-electron chi connectivity index (χ2n) is 6.11. The van der Waals surface area contributed by atoms with Crippen molar-refractivity contribution in [3.8, 4) is 0 Å². The van der Waals surface area contributed by atoms with Gasteiger partial charge in [0.05, 0.1) is 11.0 Å². The molecule has 4 rings (SSSR count). The summed E-state index contributed by atoms with van der Waals surface area (Å²) in [5.41, 5.74) is 3.62. The van der Waals surface area contributed by atoms with Gasteiger partial charge in [-0.15, -0.1) is 0 Å². The van der Waals surface area contributed by atoms with Gasteiger partial charge < -0.3 is 4.79 Å². The van der Waals surface area contributed by atoms with Gasteiger partial charge in [-0.2, -0.15) is 0 Å². The fourth-order valence-electron chi connectivity index (χ4n) is 3.40. The fraction of sp³-hybridized carbons (Fsp3) is 0.0909. The van der Waals surface area contributed by atoms with Crippen molar-refractivity contribution >= 4 is 28.1 Å². The molecule has 0 N–H and O–H groups in total. The van der Waals surface area contributed by atoms with E-state index in [0.29, 0.717) is 0 Å². The number of hydrogen-bond donors (Lipinski definition) is 0. The van der Waals surface area contributed by atoms with Crippen LogP contribution in [0.5, 0.6) is 0 Å². The van der Waals surface area contributed by atoms with Crippen LogP contribution in [-0.2, 0) is 4.79 Å². The molecule has 2 heterocycles. The van der Waals surface area contributed by atoms with Crippen LogP contribution in [0.3, 0.4) is 0 Å². The van der Waals surface area contributed by atoms with Gasteiger partial charge in [-0.3, -0.25) is 9.97 Å². The van der Waals surface area contributed by atoms with Crippen molar-refractivity contribution in [2.45, 2.75) is 11.8 Å². The predicted octanol–water partition coefficient (Wildman–Crippen LogP) is 4.68. The van der Waals surface area contributed by atoms with Crippen LogP contribution in [0.4, 0.5) is 0 Å². The van der Waals surface area contributed by atoms with Crippen LogP contribution < -0.4 is 0 Å². The van der Waals surface area contributed by atoms with Gasteiger partial charge in [0.15, 0.2) is 0 Å². The third-order valence-corrected chi connectivity index (χ3v) is 4.67. The Bertz CT molecular complexity index is 1050. The maximum atomic E-state index is 12.0. The van der Waals surface area contributed by atoms with Crippen molar-refractivity contribution < 1.29 is 4.79 Å². The number of benzene rings is 2. The second-order valence-corrected chi connectivity index (χ2v) is 6.11. The summed E-state index contributed by atoms with van der Waals surface area (Å²) in [6.07, 6.45) is 4.50. The molecule has 1 radical (unpaired) electrons. The van der Waals surface area contributed by atoms with E-state index in [2.05, 4.69) is 16.9 Å². The number of hydrogen-bond acceptors (Lipinski definition) is 3. The minimum atomic E-state index is -0.383. The Hall–Kier alpha value is -3.07. The highest BCUT2D eigenvalue weighted by Gasteiger charge is 2.24. The van der Waals surface area contributed by atoms with Gasteiger partial charge in [0, 0.05) is 29.1 Å². The van der Waals surface area contributed by atoms with Crippen molar-refractivity contribution in [2.75, 3.05) is 0 Å². The average Bonchev–Trinajstić information content (AvgIpc) is 2.68. The first-order valence-electron chi connectivity index (χ1n) is 8.25. The van der Waals surface area contributed by atoms with E-state index in [9.17, 15) is 4.79 Å². The van der Waals surface area contributed by atoms with Crippen LogP contribution >= 0.6 is 0 Å². The number of pyridine rings is 2. The van der Waals surface area contributed by atoms with Crippen LogP contribution in [-0.4, -0.2) is 16.3 Å². The molecule has 0 spiro atoms. The van der Waals surface area contributed by atoms with Gasteiger partial charge >= 0.3 is 0 Å². The van der Waals surface area contributed by atoms with E-state index in [0.717, 1.165) is 39.2 Å². The van der Waals surface area contributed by atoms with E-state index in [-0.39, 0.29) is 11.8 Å². The lowest BCUT2D eigenvalue weighted by molar-refractivity contribution is -0.109. The quantitative estimate of drug-likeness (QED) is 0.512. The Morgan fingerprint density at radius 3 is 1.88 bits per heavy atom. The average molecular weight is 325 g/mol. The monoisotopic (exact) mass is 325 g/mol. The van der Waals surface area contributed by atoms with Gasteiger partial charge in [-0.1, -0.05) is 48.5 Å². The number of rotatable bonds is 4. The minimum Gasteiger partial charge on any atom is -0.303 e. The van der Waals surface area contributed by atoms with E-state index in [1.807, 2.05) is 60.7 Å². The molecular weight excluding hydrogens is 308 g/mol. The molecule has 4 aromatic rings. The zero-order valence-corrected chi connectivity index (χ0v) is 13.7. The van der Waals surface area contributed by atoms with Gasteiger partial charge in [0.1, 0.15) is 6.29 Å². The lowest BCUT2D eigenvalue weighted by Crippen LogP contribution is -2.12. The van der Waals surface area contributed by atoms with Crippen molar-refractivity contribution in [2.24, 2.45) is 0 Å². The third kappa shape index (κ3) is 2.68. The molecule has 25 heavy (non-hydrogen) atoms. The first kappa shape index (κ1) is 15.5. The van der Waals surface area contributed by atoms with Crippen molar-refractivity contribution in [3.05, 3.63) is 91.1 Å². The highest BCUT2D eigenvalue weighted by atomic mass is 16.1. The lowest BCUT2D eigenvalue weighted by Gasteiger charge is -2.21. The second kappa shape index (κ2) is 6.44. The maximum Gasteiger partial charge on any atom is 0.128 e. The van der Waals surface area contributed by atoms with Gasteiger partial charge in [0.25, 0.3) is 0 Å². The lowest BCUT2D eigenvalue weighted by atomic mass is 9.82. The molecule has 2 aromatic carbocycles. The number of aldehydes is 1. The van der Waals surface area contributed by atoms with Crippen molar-refractivity contribution in [3.63, 3.8) is 0 Å². The standard InChI is InChI=1S/C22H17N2O/c1-15(18-10-2-6-16-8-4-12-23-21(16)18)20(14-25)19-11-3-7-17-9-5-13-24-22(17)19/h2-15,20H,1H2. The fourth-order valence-corrected chi connectivity index (χ4v) is 3.40. The molecule has 3 heteroatoms. The molecule has 3 nitrogen and oxygen atoms in total. The molecule has 2 unspecified atom stereocenters. The predicted molar refractivity (Wildman–Crippen MR) is 100 cm³/mol. The molecule has 0 bridgehead atoms. The van der Waals surface area contributed by atoms with E-state index < -0.39 is 0 Å². The summed E-state index contributed by atoms with van der Waals surface area (Å²) in [4.78, 5) is 21.0. The summed E-state index contributed by atoms with van der Waals surface area (Å²) in [7, 11) is 0. The van der Waals surface area contributed by atoms with Crippen LogP contribution in [0.15, 0.2) is 73.1 Å². The Morgan fingerprint density at radius 2 is 1.28 bits per heavy atom. The summed E-state index contributed by atoms with van der Waals surface area (Å²) in [6, 6.07) is 19.8. The van der Waals surface area contributed by atoms with E-state index in [4.69, 9.17) is 0 Å². The van der Waals surface area contributed by atoms with Gasteiger partial charge in [-0.25, -0.2) is 0 Å². The van der Waals surface area contributed by atoms with E-state index >= 15 is 0 Å². The highest BCUT2D eigenvalue weighted by Crippen LogP contribution is 2.36. The Kier molecular flexibility index (Phi) is 3.98. The van der Waals surface area contributed by atoms with E-state index in [1.165, 1.54) is 0 Å². The molecule has 0 saturated heterocycles. The summed E-state index contributed by atoms with van der Waals surface area (Å²) in [5, 5.41) is 2.07. The number of carbonyl (C=O) groups excluding carboxylic acids is 1. The molecular formula is C22H17N2O. The van der Waals surface area contributed by atoms with Crippen LogP contribution in [0.25, 0.3) is 21.8 Å². The van der Waals surface area contributed by atoms with Crippen LogP contribution in [0, 0.1) is 6.92 Å². The summed E-state index contributed by atoms with van der Waals surface area (Å²) in [6.45, 7) is 4.31. The number of nitrogens with zero attached hydrogens (tertiary/aromatic N) is 2. The largest absolute Gasteiger partial charge is 0.303 e. The zero-order chi connectivity index (χ0) is 17.2. The Labute approximate surface area is 146 Å². The van der Waals surface area contributed by atoms with Crippen LogP contribution in [0.1, 0.15) is 23.0 Å². The maximum absolute atomic E-state index is 12.0. The molecule has 2 aromatic heterocycles. The summed E-state index contributed by atoms with van der Waals surface area (Å²) < 4.78 is 0. The Morgan fingerprint density at radius 1 is 0.760 bits per heavy atom. The molecule has 0 aliphatic rings. The Balaban J connectivity index is 1.87. The molecule has 0 aliphatic heterocycles. The van der Waals surface area contributed by atoms with Crippen molar-refractivity contribution in [1.29, 1.82) is 0 Å². The third-order valence-electron chi connectivity index (χ3n) is 4.67. The highest BCUT2D eigenvalue weighted by molar-refractivity contribution is 5.87. The first-order valence-corrected chi connectivity index (χ1v) is 8.25. The van der Waals surface area contributed by atoms with E-state index in [1.54, 1.807) is 12.4 Å². The van der Waals surface area contributed by atoms with Gasteiger partial charge in [0.2, 0.25) is 0 Å². The summed E-state index contributed by atoms with van der Waals surface area (Å²) >= 11 is 0. The number of fused-ring (bicyclic) bond motifs is 2. The number of aromatic nitrogens is 2. The zero-order valence-electron chi connectivity index (χ0n) is 13.7. The molecule has 121 valence electrons. The molecule has 2 atom stereocenters. The number of para-hydroxylation sites is 2. The molecule has 0 aliphatic carbocycles. The van der Waals surface area contributed by atoms with Gasteiger partial charge in [-0.05, 0) is 36.1 Å². The first-order chi connectivity index (χ1) is 12.3.